The predicted molar refractivity (Wildman–Crippen MR) is 159 cm³/mol. The van der Waals surface area contributed by atoms with Gasteiger partial charge in [-0.1, -0.05) is 48.5 Å². The lowest BCUT2D eigenvalue weighted by Crippen LogP contribution is -2.51. The zero-order valence-corrected chi connectivity index (χ0v) is 24.1. The zero-order chi connectivity index (χ0) is 30.7. The molecule has 1 fully saturated rings. The van der Waals surface area contributed by atoms with Gasteiger partial charge in [0.1, 0.15) is 17.3 Å². The smallest absolute Gasteiger partial charge is 0.331 e. The summed E-state index contributed by atoms with van der Waals surface area (Å²) >= 11 is 0. The summed E-state index contributed by atoms with van der Waals surface area (Å²) in [6.07, 6.45) is 0. The van der Waals surface area contributed by atoms with Crippen LogP contribution in [-0.2, 0) is 19.6 Å². The minimum absolute atomic E-state index is 0.117. The lowest BCUT2D eigenvalue weighted by molar-refractivity contribution is 0.244. The number of halogens is 3. The minimum Gasteiger partial charge on any atom is -0.493 e. The standard InChI is InChI=1S/C32H34F3N5O3/c1-21-29(38-16-14-37(15-17-38)18-23-10-6-13-27(35)30(23)43-2)31(41)40(20-28(36)22-8-4-3-5-9-22)32(42)39(21)19-24-25(33)11-7-12-26(24)34/h3-13,28H,14-20,36H2,1-2H3. The van der Waals surface area contributed by atoms with E-state index in [1.807, 2.05) is 41.3 Å². The molecule has 0 amide bonds. The van der Waals surface area contributed by atoms with E-state index in [1.165, 1.54) is 23.8 Å². The van der Waals surface area contributed by atoms with Gasteiger partial charge >= 0.3 is 5.69 Å². The van der Waals surface area contributed by atoms with Crippen LogP contribution in [0.3, 0.4) is 0 Å². The average Bonchev–Trinajstić information content (AvgIpc) is 3.00. The van der Waals surface area contributed by atoms with Crippen molar-refractivity contribution in [3.63, 3.8) is 0 Å². The first-order valence-corrected chi connectivity index (χ1v) is 14.1. The van der Waals surface area contributed by atoms with E-state index in [9.17, 15) is 22.8 Å². The van der Waals surface area contributed by atoms with Gasteiger partial charge < -0.3 is 15.4 Å². The van der Waals surface area contributed by atoms with E-state index in [2.05, 4.69) is 4.90 Å². The van der Waals surface area contributed by atoms with Crippen molar-refractivity contribution in [1.29, 1.82) is 0 Å². The predicted octanol–water partition coefficient (Wildman–Crippen LogP) is 3.81. The fourth-order valence-corrected chi connectivity index (χ4v) is 5.62. The number of benzene rings is 3. The van der Waals surface area contributed by atoms with E-state index in [1.54, 1.807) is 13.0 Å². The highest BCUT2D eigenvalue weighted by molar-refractivity contribution is 5.50. The van der Waals surface area contributed by atoms with Gasteiger partial charge in [0, 0.05) is 55.6 Å². The normalized spacial score (nSPS) is 14.6. The third-order valence-electron chi connectivity index (χ3n) is 7.98. The van der Waals surface area contributed by atoms with Gasteiger partial charge in [-0.2, -0.15) is 0 Å². The Balaban J connectivity index is 1.49. The molecule has 8 nitrogen and oxygen atoms in total. The second-order valence-corrected chi connectivity index (χ2v) is 10.6. The molecule has 226 valence electrons. The maximum absolute atomic E-state index is 14.7. The van der Waals surface area contributed by atoms with Crippen LogP contribution in [0.4, 0.5) is 18.9 Å². The molecule has 4 aromatic rings. The molecule has 1 aromatic heterocycles. The first kappa shape index (κ1) is 30.1. The van der Waals surface area contributed by atoms with Crippen LogP contribution in [-0.4, -0.2) is 47.3 Å². The third kappa shape index (κ3) is 6.23. The van der Waals surface area contributed by atoms with E-state index in [0.717, 1.165) is 22.3 Å². The molecule has 0 radical (unpaired) electrons. The molecule has 0 aliphatic carbocycles. The van der Waals surface area contributed by atoms with Crippen LogP contribution in [0.25, 0.3) is 0 Å². The molecule has 1 atom stereocenters. The number of rotatable bonds is 9. The summed E-state index contributed by atoms with van der Waals surface area (Å²) in [7, 11) is 1.43. The maximum atomic E-state index is 14.7. The molecule has 11 heteroatoms. The van der Waals surface area contributed by atoms with Gasteiger partial charge in [-0.3, -0.25) is 18.8 Å². The Morgan fingerprint density at radius 1 is 0.814 bits per heavy atom. The Bertz CT molecular complexity index is 1700. The number of hydrogen-bond acceptors (Lipinski definition) is 6. The molecule has 0 spiro atoms. The van der Waals surface area contributed by atoms with Crippen LogP contribution in [0.1, 0.15) is 28.4 Å². The van der Waals surface area contributed by atoms with Gasteiger partial charge in [0.2, 0.25) is 0 Å². The molecule has 0 saturated carbocycles. The molecule has 0 bridgehead atoms. The van der Waals surface area contributed by atoms with Gasteiger partial charge in [-0.25, -0.2) is 18.0 Å². The van der Waals surface area contributed by atoms with Gasteiger partial charge in [0.25, 0.3) is 5.56 Å². The first-order chi connectivity index (χ1) is 20.7. The lowest BCUT2D eigenvalue weighted by Gasteiger charge is -2.37. The van der Waals surface area contributed by atoms with E-state index in [-0.39, 0.29) is 23.5 Å². The van der Waals surface area contributed by atoms with Crippen LogP contribution in [0.15, 0.2) is 76.3 Å². The van der Waals surface area contributed by atoms with Crippen molar-refractivity contribution in [1.82, 2.24) is 14.0 Å². The number of para-hydroxylation sites is 1. The van der Waals surface area contributed by atoms with Crippen molar-refractivity contribution < 1.29 is 17.9 Å². The molecular weight excluding hydrogens is 559 g/mol. The molecule has 1 saturated heterocycles. The number of aromatic nitrogens is 2. The molecule has 2 heterocycles. The van der Waals surface area contributed by atoms with Crippen LogP contribution in [0.5, 0.6) is 5.75 Å². The lowest BCUT2D eigenvalue weighted by atomic mass is 10.1. The van der Waals surface area contributed by atoms with Gasteiger partial charge in [0.05, 0.1) is 20.2 Å². The molecule has 2 N–H and O–H groups in total. The molecule has 1 aliphatic rings. The highest BCUT2D eigenvalue weighted by atomic mass is 19.1. The largest absolute Gasteiger partial charge is 0.493 e. The van der Waals surface area contributed by atoms with E-state index in [0.29, 0.717) is 44.0 Å². The van der Waals surface area contributed by atoms with Crippen LogP contribution >= 0.6 is 0 Å². The second-order valence-electron chi connectivity index (χ2n) is 10.6. The number of anilines is 1. The number of methoxy groups -OCH3 is 1. The quantitative estimate of drug-likeness (QED) is 0.318. The van der Waals surface area contributed by atoms with Crippen molar-refractivity contribution in [3.8, 4) is 5.75 Å². The zero-order valence-electron chi connectivity index (χ0n) is 24.1. The van der Waals surface area contributed by atoms with Crippen LogP contribution in [0.2, 0.25) is 0 Å². The molecule has 1 aliphatic heterocycles. The highest BCUT2D eigenvalue weighted by Crippen LogP contribution is 2.25. The summed E-state index contributed by atoms with van der Waals surface area (Å²) in [5.74, 6) is -1.80. The molecule has 3 aromatic carbocycles. The van der Waals surface area contributed by atoms with E-state index < -0.39 is 41.3 Å². The van der Waals surface area contributed by atoms with Gasteiger partial charge in [-0.05, 0) is 30.7 Å². The summed E-state index contributed by atoms with van der Waals surface area (Å²) in [6.45, 7) is 3.52. The Morgan fingerprint density at radius 3 is 2.09 bits per heavy atom. The number of ether oxygens (including phenoxy) is 1. The van der Waals surface area contributed by atoms with Crippen molar-refractivity contribution in [2.24, 2.45) is 5.73 Å². The number of piperazine rings is 1. The Morgan fingerprint density at radius 2 is 1.44 bits per heavy atom. The second kappa shape index (κ2) is 12.9. The SMILES string of the molecule is COc1c(F)cccc1CN1CCN(c2c(C)n(Cc3c(F)cccc3F)c(=O)n(CC(N)c3ccccc3)c2=O)CC1. The van der Waals surface area contributed by atoms with Crippen molar-refractivity contribution in [3.05, 3.63) is 127 Å². The summed E-state index contributed by atoms with van der Waals surface area (Å²) in [4.78, 5) is 31.7. The average molecular weight is 594 g/mol. The van der Waals surface area contributed by atoms with Crippen molar-refractivity contribution in [2.75, 3.05) is 38.2 Å². The monoisotopic (exact) mass is 593 g/mol. The third-order valence-corrected chi connectivity index (χ3v) is 7.98. The number of hydrogen-bond donors (Lipinski definition) is 1. The van der Waals surface area contributed by atoms with Crippen molar-refractivity contribution >= 4 is 5.69 Å². The molecule has 5 rings (SSSR count). The summed E-state index contributed by atoms with van der Waals surface area (Å²) < 4.78 is 51.1. The van der Waals surface area contributed by atoms with E-state index >= 15 is 0 Å². The summed E-state index contributed by atoms with van der Waals surface area (Å²) in [5, 5.41) is 0. The Labute approximate surface area is 247 Å². The molecular formula is C32H34F3N5O3. The number of nitrogens with zero attached hydrogens (tertiary/aromatic N) is 4. The van der Waals surface area contributed by atoms with Gasteiger partial charge in [-0.15, -0.1) is 0 Å². The Kier molecular flexibility index (Phi) is 9.02. The fraction of sp³-hybridized carbons (Fsp3) is 0.312. The number of nitrogens with two attached hydrogens (primary N) is 1. The van der Waals surface area contributed by atoms with Gasteiger partial charge in [0.15, 0.2) is 11.6 Å². The topological polar surface area (TPSA) is 85.7 Å². The fourth-order valence-electron chi connectivity index (χ4n) is 5.62. The van der Waals surface area contributed by atoms with Crippen LogP contribution in [0, 0.1) is 24.4 Å². The van der Waals surface area contributed by atoms with E-state index in [4.69, 9.17) is 10.5 Å². The minimum atomic E-state index is -0.784. The maximum Gasteiger partial charge on any atom is 0.331 e. The highest BCUT2D eigenvalue weighted by Gasteiger charge is 2.27. The molecule has 1 unspecified atom stereocenters. The Hall–Kier alpha value is -4.35. The summed E-state index contributed by atoms with van der Waals surface area (Å²) in [5.41, 5.74) is 6.98. The summed E-state index contributed by atoms with van der Waals surface area (Å²) in [6, 6.07) is 16.7. The van der Waals surface area contributed by atoms with Crippen molar-refractivity contribution in [2.45, 2.75) is 32.6 Å². The van der Waals surface area contributed by atoms with Crippen LogP contribution < -0.4 is 26.6 Å². The molecule has 43 heavy (non-hydrogen) atoms. The first-order valence-electron chi connectivity index (χ1n) is 14.1.